The van der Waals surface area contributed by atoms with Crippen LogP contribution in [-0.4, -0.2) is 49.5 Å². The SMILES string of the molecule is CN(C)CCc1cn(S(=O)(=O)c2ccc3c(c2)OCC3)c2cccnc12. The van der Waals surface area contributed by atoms with Gasteiger partial charge in [-0.3, -0.25) is 4.98 Å². The molecule has 0 bridgehead atoms. The summed E-state index contributed by atoms with van der Waals surface area (Å²) < 4.78 is 33.4. The molecule has 0 saturated heterocycles. The molecule has 6 nitrogen and oxygen atoms in total. The Morgan fingerprint density at radius 3 is 2.92 bits per heavy atom. The van der Waals surface area contributed by atoms with Crippen LogP contribution >= 0.6 is 0 Å². The van der Waals surface area contributed by atoms with Crippen molar-refractivity contribution in [2.24, 2.45) is 0 Å². The van der Waals surface area contributed by atoms with Gasteiger partial charge in [-0.25, -0.2) is 12.4 Å². The van der Waals surface area contributed by atoms with Crippen molar-refractivity contribution < 1.29 is 13.2 Å². The van der Waals surface area contributed by atoms with E-state index < -0.39 is 10.0 Å². The van der Waals surface area contributed by atoms with Crippen LogP contribution in [0.4, 0.5) is 0 Å². The van der Waals surface area contributed by atoms with E-state index in [9.17, 15) is 8.42 Å². The second kappa shape index (κ2) is 6.41. The predicted molar refractivity (Wildman–Crippen MR) is 100 cm³/mol. The Morgan fingerprint density at radius 1 is 1.27 bits per heavy atom. The van der Waals surface area contributed by atoms with Gasteiger partial charge in [0.05, 0.1) is 22.5 Å². The van der Waals surface area contributed by atoms with E-state index in [1.807, 2.05) is 20.2 Å². The van der Waals surface area contributed by atoms with Gasteiger partial charge in [-0.15, -0.1) is 0 Å². The molecule has 136 valence electrons. The molecule has 0 spiro atoms. The summed E-state index contributed by atoms with van der Waals surface area (Å²) in [6, 6.07) is 8.68. The zero-order chi connectivity index (χ0) is 18.3. The van der Waals surface area contributed by atoms with Crippen LogP contribution < -0.4 is 4.74 Å². The molecular formula is C19H21N3O3S. The summed E-state index contributed by atoms with van der Waals surface area (Å²) in [4.78, 5) is 6.72. The van der Waals surface area contributed by atoms with E-state index in [0.29, 0.717) is 17.9 Å². The minimum atomic E-state index is -3.72. The van der Waals surface area contributed by atoms with Crippen LogP contribution in [0.5, 0.6) is 5.75 Å². The molecule has 4 rings (SSSR count). The third-order valence-corrected chi connectivity index (χ3v) is 6.32. The Kier molecular flexibility index (Phi) is 4.20. The van der Waals surface area contributed by atoms with E-state index >= 15 is 0 Å². The van der Waals surface area contributed by atoms with E-state index in [2.05, 4.69) is 9.88 Å². The third-order valence-electron chi connectivity index (χ3n) is 4.65. The lowest BCUT2D eigenvalue weighted by atomic mass is 10.2. The first kappa shape index (κ1) is 17.1. The third kappa shape index (κ3) is 2.87. The van der Waals surface area contributed by atoms with Crippen LogP contribution in [0.2, 0.25) is 0 Å². The number of benzene rings is 1. The van der Waals surface area contributed by atoms with Gasteiger partial charge in [0.1, 0.15) is 5.75 Å². The molecule has 7 heteroatoms. The molecule has 1 aliphatic rings. The minimum absolute atomic E-state index is 0.234. The number of hydrogen-bond acceptors (Lipinski definition) is 5. The maximum Gasteiger partial charge on any atom is 0.268 e. The van der Waals surface area contributed by atoms with Crippen molar-refractivity contribution in [2.75, 3.05) is 27.2 Å². The van der Waals surface area contributed by atoms with Crippen LogP contribution in [0.15, 0.2) is 47.6 Å². The van der Waals surface area contributed by atoms with Gasteiger partial charge in [0.25, 0.3) is 10.0 Å². The summed E-state index contributed by atoms with van der Waals surface area (Å²) in [5, 5.41) is 0. The van der Waals surface area contributed by atoms with Gasteiger partial charge in [0.15, 0.2) is 0 Å². The van der Waals surface area contributed by atoms with Gasteiger partial charge < -0.3 is 9.64 Å². The summed E-state index contributed by atoms with van der Waals surface area (Å²) in [6.45, 7) is 1.42. The van der Waals surface area contributed by atoms with E-state index in [1.165, 1.54) is 3.97 Å². The topological polar surface area (TPSA) is 64.4 Å². The number of fused-ring (bicyclic) bond motifs is 2. The van der Waals surface area contributed by atoms with Crippen molar-refractivity contribution >= 4 is 21.1 Å². The molecule has 0 atom stereocenters. The number of hydrogen-bond donors (Lipinski definition) is 0. The molecule has 0 amide bonds. The van der Waals surface area contributed by atoms with Gasteiger partial charge in [-0.2, -0.15) is 0 Å². The van der Waals surface area contributed by atoms with Crippen LogP contribution in [-0.2, 0) is 22.9 Å². The molecule has 1 aliphatic heterocycles. The average Bonchev–Trinajstić information content (AvgIpc) is 3.24. The fraction of sp³-hybridized carbons (Fsp3) is 0.316. The Bertz CT molecular complexity index is 1070. The van der Waals surface area contributed by atoms with Crippen molar-refractivity contribution in [3.05, 3.63) is 53.9 Å². The highest BCUT2D eigenvalue weighted by atomic mass is 32.2. The quantitative estimate of drug-likeness (QED) is 0.689. The standard InChI is InChI=1S/C19H21N3O3S/c1-21(2)10-7-15-13-22(17-4-3-9-20-19(15)17)26(23,24)16-6-5-14-8-11-25-18(14)12-16/h3-6,9,12-13H,7-8,10-11H2,1-2H3. The summed E-state index contributed by atoms with van der Waals surface area (Å²) >= 11 is 0. The molecule has 0 aliphatic carbocycles. The second-order valence-corrected chi connectivity index (χ2v) is 8.56. The smallest absolute Gasteiger partial charge is 0.268 e. The molecule has 1 aromatic carbocycles. The van der Waals surface area contributed by atoms with Gasteiger partial charge in [0, 0.05) is 31.4 Å². The number of rotatable bonds is 5. The molecule has 2 aromatic heterocycles. The van der Waals surface area contributed by atoms with Crippen LogP contribution in [0.25, 0.3) is 11.0 Å². The van der Waals surface area contributed by atoms with Gasteiger partial charge in [-0.1, -0.05) is 6.07 Å². The fourth-order valence-corrected chi connectivity index (χ4v) is 4.64. The van der Waals surface area contributed by atoms with Crippen LogP contribution in [0.1, 0.15) is 11.1 Å². The zero-order valence-corrected chi connectivity index (χ0v) is 15.7. The minimum Gasteiger partial charge on any atom is -0.493 e. The highest BCUT2D eigenvalue weighted by Crippen LogP contribution is 2.31. The van der Waals surface area contributed by atoms with Crippen molar-refractivity contribution in [1.82, 2.24) is 13.9 Å². The molecule has 0 N–H and O–H groups in total. The maximum absolute atomic E-state index is 13.3. The van der Waals surface area contributed by atoms with Gasteiger partial charge in [-0.05, 0) is 49.8 Å². The van der Waals surface area contributed by atoms with Crippen LogP contribution in [0, 0.1) is 0 Å². The summed E-state index contributed by atoms with van der Waals surface area (Å²) in [7, 11) is 0.266. The Labute approximate surface area is 153 Å². The molecule has 26 heavy (non-hydrogen) atoms. The van der Waals surface area contributed by atoms with Crippen molar-refractivity contribution in [2.45, 2.75) is 17.7 Å². The molecule has 0 unspecified atom stereocenters. The number of aromatic nitrogens is 2. The summed E-state index contributed by atoms with van der Waals surface area (Å²) in [6.07, 6.45) is 4.95. The monoisotopic (exact) mass is 371 g/mol. The highest BCUT2D eigenvalue weighted by Gasteiger charge is 2.24. The first-order valence-corrected chi connectivity index (χ1v) is 10.0. The molecule has 3 aromatic rings. The van der Waals surface area contributed by atoms with E-state index in [1.54, 1.807) is 36.7 Å². The number of pyridine rings is 1. The van der Waals surface area contributed by atoms with E-state index in [0.717, 1.165) is 36.0 Å². The van der Waals surface area contributed by atoms with Crippen LogP contribution in [0.3, 0.4) is 0 Å². The van der Waals surface area contributed by atoms with E-state index in [4.69, 9.17) is 4.74 Å². The Hall–Kier alpha value is -2.38. The summed E-state index contributed by atoms with van der Waals surface area (Å²) in [5.74, 6) is 0.661. The van der Waals surface area contributed by atoms with Crippen molar-refractivity contribution in [1.29, 1.82) is 0 Å². The fourth-order valence-electron chi connectivity index (χ4n) is 3.24. The zero-order valence-electron chi connectivity index (χ0n) is 14.8. The lowest BCUT2D eigenvalue weighted by Gasteiger charge is -2.09. The second-order valence-electron chi connectivity index (χ2n) is 6.75. The summed E-state index contributed by atoms with van der Waals surface area (Å²) in [5.41, 5.74) is 3.31. The number of ether oxygens (including phenoxy) is 1. The van der Waals surface area contributed by atoms with Crippen molar-refractivity contribution in [3.63, 3.8) is 0 Å². The number of nitrogens with zero attached hydrogens (tertiary/aromatic N) is 3. The number of likely N-dealkylation sites (N-methyl/N-ethyl adjacent to an activating group) is 1. The van der Waals surface area contributed by atoms with Gasteiger partial charge >= 0.3 is 0 Å². The maximum atomic E-state index is 13.3. The normalized spacial score (nSPS) is 14.0. The first-order chi connectivity index (χ1) is 12.5. The largest absolute Gasteiger partial charge is 0.493 e. The lowest BCUT2D eigenvalue weighted by Crippen LogP contribution is -2.15. The molecule has 0 radical (unpaired) electrons. The van der Waals surface area contributed by atoms with E-state index in [-0.39, 0.29) is 4.90 Å². The Morgan fingerprint density at radius 2 is 2.12 bits per heavy atom. The predicted octanol–water partition coefficient (Wildman–Crippen LogP) is 2.31. The molecule has 0 fully saturated rings. The average molecular weight is 371 g/mol. The van der Waals surface area contributed by atoms with Crippen molar-refractivity contribution in [3.8, 4) is 5.75 Å². The first-order valence-electron chi connectivity index (χ1n) is 8.58. The highest BCUT2D eigenvalue weighted by molar-refractivity contribution is 7.90. The van der Waals surface area contributed by atoms with Gasteiger partial charge in [0.2, 0.25) is 0 Å². The molecular weight excluding hydrogens is 350 g/mol. The molecule has 0 saturated carbocycles. The molecule has 3 heterocycles. The Balaban J connectivity index is 1.82. The lowest BCUT2D eigenvalue weighted by molar-refractivity contribution is 0.356.